The second-order valence-corrected chi connectivity index (χ2v) is 10.7. The molecule has 0 saturated heterocycles. The Balaban J connectivity index is 1.75. The van der Waals surface area contributed by atoms with E-state index in [9.17, 15) is 22.4 Å². The first kappa shape index (κ1) is 28.0. The van der Waals surface area contributed by atoms with Crippen LogP contribution in [0.25, 0.3) is 22.0 Å². The Hall–Kier alpha value is -4.03. The fourth-order valence-corrected chi connectivity index (χ4v) is 5.50. The zero-order chi connectivity index (χ0) is 28.3. The first-order valence-electron chi connectivity index (χ1n) is 11.9. The predicted octanol–water partition coefficient (Wildman–Crippen LogP) is 3.83. The lowest BCUT2D eigenvalue weighted by Gasteiger charge is -2.15. The molecule has 4 rings (SSSR count). The monoisotopic (exact) mass is 573 g/mol. The normalized spacial score (nSPS) is 12.2. The number of nitrogens with zero attached hydrogens (tertiary/aromatic N) is 3. The molecule has 0 aliphatic carbocycles. The molecule has 0 radical (unpaired) electrons. The molecule has 39 heavy (non-hydrogen) atoms. The van der Waals surface area contributed by atoms with Crippen LogP contribution in [0.1, 0.15) is 13.8 Å². The highest BCUT2D eigenvalue weighted by molar-refractivity contribution is 7.92. The molecule has 2 aromatic heterocycles. The molecule has 0 bridgehead atoms. The van der Waals surface area contributed by atoms with Gasteiger partial charge in [0.15, 0.2) is 0 Å². The zero-order valence-electron chi connectivity index (χ0n) is 21.2. The molecule has 0 aliphatic rings. The van der Waals surface area contributed by atoms with Gasteiger partial charge < -0.3 is 10.1 Å². The molecule has 0 fully saturated rings. The van der Waals surface area contributed by atoms with E-state index < -0.39 is 21.8 Å². The van der Waals surface area contributed by atoms with E-state index >= 15 is 0 Å². The van der Waals surface area contributed by atoms with Gasteiger partial charge in [0, 0.05) is 25.4 Å². The van der Waals surface area contributed by atoms with Crippen LogP contribution in [0.3, 0.4) is 0 Å². The van der Waals surface area contributed by atoms with Crippen LogP contribution in [0.5, 0.6) is 5.88 Å². The minimum Gasteiger partial charge on any atom is -0.476 e. The molecule has 0 saturated carbocycles. The van der Waals surface area contributed by atoms with Crippen molar-refractivity contribution in [3.8, 4) is 17.0 Å². The maximum Gasteiger partial charge on any atom is 0.263 e. The number of pyridine rings is 1. The third kappa shape index (κ3) is 6.02. The topological polar surface area (TPSA) is 132 Å². The van der Waals surface area contributed by atoms with Gasteiger partial charge in [0.25, 0.3) is 15.6 Å². The summed E-state index contributed by atoms with van der Waals surface area (Å²) in [5, 5.41) is 2.59. The van der Waals surface area contributed by atoms with Gasteiger partial charge in [0.1, 0.15) is 16.4 Å². The van der Waals surface area contributed by atoms with E-state index in [0.29, 0.717) is 22.0 Å². The van der Waals surface area contributed by atoms with Crippen molar-refractivity contribution < 1.29 is 22.3 Å². The second kappa shape index (κ2) is 11.4. The number of fused-ring (bicyclic) bond motifs is 1. The van der Waals surface area contributed by atoms with Crippen LogP contribution >= 0.6 is 11.6 Å². The van der Waals surface area contributed by atoms with E-state index in [1.165, 1.54) is 30.2 Å². The summed E-state index contributed by atoms with van der Waals surface area (Å²) in [4.78, 5) is 33.4. The molecule has 2 heterocycles. The van der Waals surface area contributed by atoms with Crippen molar-refractivity contribution in [2.45, 2.75) is 25.3 Å². The number of benzene rings is 2. The summed E-state index contributed by atoms with van der Waals surface area (Å²) >= 11 is 5.98. The van der Waals surface area contributed by atoms with Crippen molar-refractivity contribution in [2.75, 3.05) is 18.4 Å². The SMILES string of the molecule is CCOc1ncc(-c2ccc3ncn(C[C@@H](C)C(=O)NC)c(=O)c3c2)cc1NS(=O)(=O)c1ccc(F)cc1Cl. The maximum atomic E-state index is 13.5. The molecular weight excluding hydrogens is 549 g/mol. The Kier molecular flexibility index (Phi) is 8.17. The predicted molar refractivity (Wildman–Crippen MR) is 146 cm³/mol. The van der Waals surface area contributed by atoms with Crippen molar-refractivity contribution >= 4 is 44.1 Å². The third-order valence-corrected chi connectivity index (χ3v) is 7.73. The molecular formula is C26H25ClFN5O5S. The molecule has 1 atom stereocenters. The Labute approximate surface area is 228 Å². The summed E-state index contributed by atoms with van der Waals surface area (Å²) in [5.41, 5.74) is 1.20. The Morgan fingerprint density at radius 3 is 2.62 bits per heavy atom. The summed E-state index contributed by atoms with van der Waals surface area (Å²) in [7, 11) is -2.71. The van der Waals surface area contributed by atoms with Crippen molar-refractivity contribution in [1.29, 1.82) is 0 Å². The van der Waals surface area contributed by atoms with Gasteiger partial charge in [-0.1, -0.05) is 24.6 Å². The van der Waals surface area contributed by atoms with E-state index in [4.69, 9.17) is 16.3 Å². The van der Waals surface area contributed by atoms with Crippen LogP contribution in [0, 0.1) is 11.7 Å². The van der Waals surface area contributed by atoms with Gasteiger partial charge >= 0.3 is 0 Å². The Morgan fingerprint density at radius 1 is 1.15 bits per heavy atom. The van der Waals surface area contributed by atoms with Crippen molar-refractivity contribution in [3.63, 3.8) is 0 Å². The van der Waals surface area contributed by atoms with E-state index in [2.05, 4.69) is 20.0 Å². The van der Waals surface area contributed by atoms with E-state index in [-0.39, 0.29) is 46.1 Å². The molecule has 0 aliphatic heterocycles. The molecule has 204 valence electrons. The molecule has 2 N–H and O–H groups in total. The summed E-state index contributed by atoms with van der Waals surface area (Å²) in [6.07, 6.45) is 2.88. The minimum absolute atomic E-state index is 0.0241. The standard InChI is InChI=1S/C26H25ClFN5O5S/c1-4-38-25-22(32-39(36,37)23-8-6-18(28)11-20(23)27)10-17(12-30-25)16-5-7-21-19(9-16)26(35)33(14-31-21)13-15(2)24(34)29-3/h5-12,14-15,32H,4,13H2,1-3H3,(H,29,34)/t15-/m1/s1. The summed E-state index contributed by atoms with van der Waals surface area (Å²) < 4.78 is 48.9. The number of hydrogen-bond donors (Lipinski definition) is 2. The molecule has 4 aromatic rings. The van der Waals surface area contributed by atoms with E-state index in [1.807, 2.05) is 0 Å². The number of anilines is 1. The number of sulfonamides is 1. The van der Waals surface area contributed by atoms with Crippen LogP contribution < -0.4 is 20.3 Å². The second-order valence-electron chi connectivity index (χ2n) is 8.64. The highest BCUT2D eigenvalue weighted by Crippen LogP contribution is 2.32. The number of halogens is 2. The highest BCUT2D eigenvalue weighted by Gasteiger charge is 2.22. The number of carbonyl (C=O) groups is 1. The van der Waals surface area contributed by atoms with Gasteiger partial charge in [-0.15, -0.1) is 0 Å². The van der Waals surface area contributed by atoms with E-state index in [0.717, 1.165) is 18.2 Å². The molecule has 0 unspecified atom stereocenters. The zero-order valence-corrected chi connectivity index (χ0v) is 22.8. The molecule has 10 nitrogen and oxygen atoms in total. The minimum atomic E-state index is -4.23. The van der Waals surface area contributed by atoms with Gasteiger partial charge in [0.05, 0.1) is 34.8 Å². The average Bonchev–Trinajstić information content (AvgIpc) is 2.90. The lowest BCUT2D eigenvalue weighted by Crippen LogP contribution is -2.32. The number of nitrogens with one attached hydrogen (secondary N) is 2. The molecule has 2 aromatic carbocycles. The largest absolute Gasteiger partial charge is 0.476 e. The van der Waals surface area contributed by atoms with E-state index in [1.54, 1.807) is 32.0 Å². The van der Waals surface area contributed by atoms with Crippen LogP contribution in [-0.4, -0.2) is 42.5 Å². The Bertz CT molecular complexity index is 1730. The third-order valence-electron chi connectivity index (χ3n) is 5.88. The summed E-state index contributed by atoms with van der Waals surface area (Å²) in [5.74, 6) is -1.30. The van der Waals surface area contributed by atoms with Crippen LogP contribution in [0.2, 0.25) is 5.02 Å². The Morgan fingerprint density at radius 2 is 1.92 bits per heavy atom. The van der Waals surface area contributed by atoms with Gasteiger partial charge in [-0.05, 0) is 48.9 Å². The number of carbonyl (C=O) groups excluding carboxylic acids is 1. The highest BCUT2D eigenvalue weighted by atomic mass is 35.5. The smallest absolute Gasteiger partial charge is 0.263 e. The van der Waals surface area contributed by atoms with Gasteiger partial charge in [0.2, 0.25) is 11.8 Å². The molecule has 13 heteroatoms. The number of ether oxygens (including phenoxy) is 1. The maximum absolute atomic E-state index is 13.5. The quantitative estimate of drug-likeness (QED) is 0.311. The fraction of sp³-hybridized carbons (Fsp3) is 0.231. The van der Waals surface area contributed by atoms with Crippen molar-refractivity contribution in [2.24, 2.45) is 5.92 Å². The lowest BCUT2D eigenvalue weighted by atomic mass is 10.0. The van der Waals surface area contributed by atoms with Gasteiger partial charge in [-0.25, -0.2) is 22.8 Å². The molecule has 1 amide bonds. The number of rotatable bonds is 9. The van der Waals surface area contributed by atoms with Crippen LogP contribution in [0.4, 0.5) is 10.1 Å². The number of aromatic nitrogens is 3. The van der Waals surface area contributed by atoms with Crippen LogP contribution in [0.15, 0.2) is 64.7 Å². The first-order valence-corrected chi connectivity index (χ1v) is 13.7. The number of hydrogen-bond acceptors (Lipinski definition) is 7. The van der Waals surface area contributed by atoms with Crippen LogP contribution in [-0.2, 0) is 21.4 Å². The lowest BCUT2D eigenvalue weighted by molar-refractivity contribution is -0.124. The van der Waals surface area contributed by atoms with Crippen molar-refractivity contribution in [3.05, 3.63) is 76.2 Å². The average molecular weight is 574 g/mol. The summed E-state index contributed by atoms with van der Waals surface area (Å²) in [6.45, 7) is 3.79. The van der Waals surface area contributed by atoms with Gasteiger partial charge in [-0.3, -0.25) is 18.9 Å². The summed E-state index contributed by atoms with van der Waals surface area (Å²) in [6, 6.07) is 9.47. The number of amides is 1. The van der Waals surface area contributed by atoms with Crippen molar-refractivity contribution in [1.82, 2.24) is 19.9 Å². The fourth-order valence-electron chi connectivity index (χ4n) is 3.92. The van der Waals surface area contributed by atoms with Gasteiger partial charge in [-0.2, -0.15) is 0 Å². The molecule has 0 spiro atoms. The first-order chi connectivity index (χ1) is 18.5.